The molecule has 5 rings (SSSR count). The van der Waals surface area contributed by atoms with Crippen LogP contribution in [0.3, 0.4) is 0 Å². The Morgan fingerprint density at radius 2 is 1.44 bits per heavy atom. The van der Waals surface area contributed by atoms with Gasteiger partial charge < -0.3 is 15.3 Å². The number of carbonyl (C=O) groups excluding carboxylic acids is 1. The van der Waals surface area contributed by atoms with Crippen LogP contribution in [0.2, 0.25) is 0 Å². The Labute approximate surface area is 207 Å². The number of carbonyl (C=O) groups is 1. The number of amides is 1. The number of pyridine rings is 2. The van der Waals surface area contributed by atoms with Gasteiger partial charge in [0.1, 0.15) is 0 Å². The van der Waals surface area contributed by atoms with Crippen LogP contribution in [-0.2, 0) is 11.3 Å². The van der Waals surface area contributed by atoms with E-state index in [0.717, 1.165) is 16.7 Å². The van der Waals surface area contributed by atoms with E-state index in [4.69, 9.17) is 34.8 Å². The van der Waals surface area contributed by atoms with Gasteiger partial charge in [0.25, 0.3) is 9.70 Å². The molecule has 0 atom stereocenters. The van der Waals surface area contributed by atoms with Crippen molar-refractivity contribution in [2.24, 2.45) is 0 Å². The number of benzene rings is 3. The lowest BCUT2D eigenvalue weighted by atomic mass is 9.96. The third kappa shape index (κ3) is 3.63. The van der Waals surface area contributed by atoms with E-state index in [1.807, 2.05) is 32.0 Å². The fourth-order valence-corrected chi connectivity index (χ4v) is 4.58. The topological polar surface area (TPSA) is 94.8 Å². The van der Waals surface area contributed by atoms with Crippen molar-refractivity contribution in [3.8, 4) is 0 Å². The fraction of sp³-hybridized carbons (Fsp3) is 0.160. The van der Waals surface area contributed by atoms with Crippen molar-refractivity contribution in [2.45, 2.75) is 24.2 Å². The van der Waals surface area contributed by atoms with Crippen LogP contribution in [0.4, 0.5) is 0 Å². The van der Waals surface area contributed by atoms with E-state index >= 15 is 0 Å². The highest BCUT2D eigenvalue weighted by Crippen LogP contribution is 2.28. The summed E-state index contributed by atoms with van der Waals surface area (Å²) >= 11 is 16.9. The summed E-state index contributed by atoms with van der Waals surface area (Å²) in [5, 5.41) is 4.69. The molecule has 3 aromatic carbocycles. The second kappa shape index (κ2) is 8.01. The van der Waals surface area contributed by atoms with E-state index < -0.39 is 9.70 Å². The third-order valence-electron chi connectivity index (χ3n) is 6.29. The van der Waals surface area contributed by atoms with Gasteiger partial charge in [-0.1, -0.05) is 46.9 Å². The SMILES string of the molecule is Cc1c(CNC(=O)C(Cl)(Cl)Cl)cc2[nH]c3cc4c(=O)c5ccccc5[nH]c4cc3c(=O)c2c1C. The first-order valence-electron chi connectivity index (χ1n) is 10.4. The normalized spacial score (nSPS) is 12.1. The summed E-state index contributed by atoms with van der Waals surface area (Å²) in [5.74, 6) is -0.737. The molecule has 172 valence electrons. The van der Waals surface area contributed by atoms with Gasteiger partial charge in [-0.15, -0.1) is 0 Å². The number of rotatable bonds is 2. The summed E-state index contributed by atoms with van der Waals surface area (Å²) in [7, 11) is 0. The number of aromatic nitrogens is 2. The maximum Gasteiger partial charge on any atom is 0.272 e. The van der Waals surface area contributed by atoms with Crippen LogP contribution in [0.25, 0.3) is 43.6 Å². The van der Waals surface area contributed by atoms with Crippen molar-refractivity contribution in [3.63, 3.8) is 0 Å². The average Bonchev–Trinajstić information content (AvgIpc) is 2.79. The standard InChI is InChI=1S/C25H18Cl3N3O3/c1-11-12(2)21-20(7-13(11)10-29-24(34)25(26,27)28)31-19-8-15-18(9-16(19)23(21)33)30-17-6-4-3-5-14(17)22(15)32/h3-9H,10H2,1-2H3,(H,29,34)(H,30,32)(H,31,33). The van der Waals surface area contributed by atoms with Crippen LogP contribution in [0.5, 0.6) is 0 Å². The maximum atomic E-state index is 13.5. The van der Waals surface area contributed by atoms with Crippen molar-refractivity contribution < 1.29 is 4.79 Å². The fourth-order valence-electron chi connectivity index (χ4n) is 4.38. The second-order valence-corrected chi connectivity index (χ2v) is 10.6. The van der Waals surface area contributed by atoms with Gasteiger partial charge in [-0.2, -0.15) is 0 Å². The van der Waals surface area contributed by atoms with Crippen LogP contribution in [0, 0.1) is 13.8 Å². The van der Waals surface area contributed by atoms with Crippen molar-refractivity contribution >= 4 is 84.3 Å². The summed E-state index contributed by atoms with van der Waals surface area (Å²) in [4.78, 5) is 45.2. The van der Waals surface area contributed by atoms with E-state index in [-0.39, 0.29) is 17.4 Å². The predicted octanol–water partition coefficient (Wildman–Crippen LogP) is 5.28. The number of alkyl halides is 3. The number of nitrogens with one attached hydrogen (secondary N) is 3. The Morgan fingerprint density at radius 1 is 0.824 bits per heavy atom. The average molecular weight is 515 g/mol. The lowest BCUT2D eigenvalue weighted by Gasteiger charge is -2.16. The number of hydrogen-bond acceptors (Lipinski definition) is 3. The molecule has 0 bridgehead atoms. The van der Waals surface area contributed by atoms with Crippen LogP contribution < -0.4 is 16.2 Å². The molecule has 3 N–H and O–H groups in total. The summed E-state index contributed by atoms with van der Waals surface area (Å²) in [5.41, 5.74) is 4.60. The molecule has 34 heavy (non-hydrogen) atoms. The third-order valence-corrected chi connectivity index (χ3v) is 6.80. The van der Waals surface area contributed by atoms with Gasteiger partial charge in [-0.05, 0) is 60.9 Å². The van der Waals surface area contributed by atoms with Gasteiger partial charge in [0.05, 0.1) is 16.6 Å². The smallest absolute Gasteiger partial charge is 0.272 e. The van der Waals surface area contributed by atoms with Gasteiger partial charge >= 0.3 is 0 Å². The van der Waals surface area contributed by atoms with E-state index in [1.165, 1.54) is 0 Å². The highest BCUT2D eigenvalue weighted by atomic mass is 35.6. The Morgan fingerprint density at radius 3 is 2.12 bits per heavy atom. The molecule has 0 unspecified atom stereocenters. The zero-order valence-corrected chi connectivity index (χ0v) is 20.4. The lowest BCUT2D eigenvalue weighted by molar-refractivity contribution is -0.120. The molecule has 0 aliphatic heterocycles. The Bertz CT molecular complexity index is 1780. The molecule has 0 saturated carbocycles. The molecule has 0 saturated heterocycles. The first-order valence-corrected chi connectivity index (χ1v) is 11.6. The molecule has 0 fully saturated rings. The number of H-pyrrole nitrogens is 2. The van der Waals surface area contributed by atoms with Crippen LogP contribution >= 0.6 is 34.8 Å². The predicted molar refractivity (Wildman–Crippen MR) is 139 cm³/mol. The van der Waals surface area contributed by atoms with E-state index in [1.54, 1.807) is 24.3 Å². The molecular weight excluding hydrogens is 497 g/mol. The number of aryl methyl sites for hydroxylation is 1. The zero-order chi connectivity index (χ0) is 24.4. The molecule has 2 aromatic heterocycles. The van der Waals surface area contributed by atoms with Crippen molar-refractivity contribution in [3.05, 3.63) is 79.6 Å². The van der Waals surface area contributed by atoms with Gasteiger partial charge in [-0.25, -0.2) is 0 Å². The van der Waals surface area contributed by atoms with Crippen molar-refractivity contribution in [1.29, 1.82) is 0 Å². The van der Waals surface area contributed by atoms with E-state index in [2.05, 4.69) is 15.3 Å². The van der Waals surface area contributed by atoms with Gasteiger partial charge in [0.15, 0.2) is 10.9 Å². The molecule has 1 amide bonds. The minimum Gasteiger partial charge on any atom is -0.354 e. The van der Waals surface area contributed by atoms with Crippen LogP contribution in [-0.4, -0.2) is 19.7 Å². The molecular formula is C25H18Cl3N3O3. The molecule has 6 nitrogen and oxygen atoms in total. The Kier molecular flexibility index (Phi) is 5.35. The largest absolute Gasteiger partial charge is 0.354 e. The molecule has 5 aromatic rings. The molecule has 2 heterocycles. The molecule has 9 heteroatoms. The monoisotopic (exact) mass is 513 g/mol. The number of halogens is 3. The van der Waals surface area contributed by atoms with E-state index in [9.17, 15) is 14.4 Å². The first-order chi connectivity index (χ1) is 16.1. The van der Waals surface area contributed by atoms with Crippen LogP contribution in [0.15, 0.2) is 52.1 Å². The number of hydrogen-bond donors (Lipinski definition) is 3. The summed E-state index contributed by atoms with van der Waals surface area (Å²) in [6.07, 6.45) is 0. The molecule has 0 radical (unpaired) electrons. The van der Waals surface area contributed by atoms with E-state index in [0.29, 0.717) is 43.6 Å². The van der Waals surface area contributed by atoms with Gasteiger partial charge in [0, 0.05) is 33.6 Å². The maximum absolute atomic E-state index is 13.5. The minimum absolute atomic E-state index is 0.109. The highest BCUT2D eigenvalue weighted by molar-refractivity contribution is 6.76. The lowest BCUT2D eigenvalue weighted by Crippen LogP contribution is -2.34. The molecule has 0 aliphatic rings. The summed E-state index contributed by atoms with van der Waals surface area (Å²) < 4.78 is -2.07. The molecule has 0 aliphatic carbocycles. The zero-order valence-electron chi connectivity index (χ0n) is 18.1. The summed E-state index contributed by atoms with van der Waals surface area (Å²) in [6.45, 7) is 3.85. The summed E-state index contributed by atoms with van der Waals surface area (Å²) in [6, 6.07) is 12.5. The second-order valence-electron chi connectivity index (χ2n) is 8.29. The quantitative estimate of drug-likeness (QED) is 0.221. The number of fused-ring (bicyclic) bond motifs is 4. The van der Waals surface area contributed by atoms with Gasteiger partial charge in [0.2, 0.25) is 0 Å². The first kappa shape index (κ1) is 22.7. The van der Waals surface area contributed by atoms with Crippen LogP contribution in [0.1, 0.15) is 16.7 Å². The van der Waals surface area contributed by atoms with Crippen molar-refractivity contribution in [1.82, 2.24) is 15.3 Å². The Hall–Kier alpha value is -3.06. The minimum atomic E-state index is -2.07. The number of para-hydroxylation sites is 1. The Balaban J connectivity index is 1.74. The number of aromatic amines is 2. The highest BCUT2D eigenvalue weighted by Gasteiger charge is 2.30. The molecule has 0 spiro atoms. The van der Waals surface area contributed by atoms with Crippen molar-refractivity contribution in [2.75, 3.05) is 0 Å². The van der Waals surface area contributed by atoms with Gasteiger partial charge in [-0.3, -0.25) is 14.4 Å².